The molecule has 0 aliphatic rings. The van der Waals surface area contributed by atoms with E-state index < -0.39 is 17.7 Å². The Bertz CT molecular complexity index is 340. The molecule has 1 aromatic heterocycles. The summed E-state index contributed by atoms with van der Waals surface area (Å²) in [5.74, 6) is -1.50. The Morgan fingerprint density at radius 1 is 1.54 bits per heavy atom. The van der Waals surface area contributed by atoms with Crippen molar-refractivity contribution in [3.8, 4) is 0 Å². The first kappa shape index (κ1) is 9.76. The minimum atomic E-state index is -4.83. The third-order valence-electron chi connectivity index (χ3n) is 1.71. The summed E-state index contributed by atoms with van der Waals surface area (Å²) in [4.78, 5) is 14.3. The Morgan fingerprint density at radius 2 is 2.08 bits per heavy atom. The number of hydrogen-bond acceptors (Lipinski definition) is 2. The van der Waals surface area contributed by atoms with Gasteiger partial charge in [0.1, 0.15) is 11.5 Å². The first-order valence-electron chi connectivity index (χ1n) is 3.44. The van der Waals surface area contributed by atoms with Crippen molar-refractivity contribution >= 4 is 5.78 Å². The van der Waals surface area contributed by atoms with E-state index in [1.165, 1.54) is 14.0 Å². The lowest BCUT2D eigenvalue weighted by Crippen LogP contribution is -2.25. The van der Waals surface area contributed by atoms with Crippen molar-refractivity contribution in [3.05, 3.63) is 17.7 Å². The molecule has 13 heavy (non-hydrogen) atoms. The zero-order valence-corrected chi connectivity index (χ0v) is 7.01. The topological polar surface area (TPSA) is 34.9 Å². The second kappa shape index (κ2) is 2.86. The Hall–Kier alpha value is -1.33. The maximum absolute atomic E-state index is 11.9. The number of rotatable bonds is 1. The molecular weight excluding hydrogens is 185 g/mol. The summed E-state index contributed by atoms with van der Waals surface area (Å²) in [7, 11) is 1.36. The fourth-order valence-electron chi connectivity index (χ4n) is 0.858. The van der Waals surface area contributed by atoms with Crippen LogP contribution < -0.4 is 0 Å². The van der Waals surface area contributed by atoms with E-state index in [0.717, 1.165) is 10.8 Å². The van der Waals surface area contributed by atoms with Crippen LogP contribution in [0.5, 0.6) is 0 Å². The van der Waals surface area contributed by atoms with Crippen molar-refractivity contribution in [1.82, 2.24) is 9.55 Å². The van der Waals surface area contributed by atoms with Gasteiger partial charge in [-0.15, -0.1) is 0 Å². The lowest BCUT2D eigenvalue weighted by Gasteiger charge is -2.05. The van der Waals surface area contributed by atoms with E-state index in [9.17, 15) is 18.0 Å². The highest BCUT2D eigenvalue weighted by molar-refractivity contribution is 5.98. The fraction of sp³-hybridized carbons (Fsp3) is 0.429. The van der Waals surface area contributed by atoms with E-state index in [2.05, 4.69) is 4.98 Å². The van der Waals surface area contributed by atoms with Crippen molar-refractivity contribution in [1.29, 1.82) is 0 Å². The Balaban J connectivity index is 3.10. The number of carbonyl (C=O) groups excluding carboxylic acids is 1. The van der Waals surface area contributed by atoms with Gasteiger partial charge in [-0.05, 0) is 6.92 Å². The van der Waals surface area contributed by atoms with Crippen molar-refractivity contribution in [2.75, 3.05) is 0 Å². The van der Waals surface area contributed by atoms with Crippen molar-refractivity contribution in [2.45, 2.75) is 13.1 Å². The van der Waals surface area contributed by atoms with Gasteiger partial charge in [-0.25, -0.2) is 4.98 Å². The second-order valence-corrected chi connectivity index (χ2v) is 2.58. The third-order valence-corrected chi connectivity index (χ3v) is 1.71. The van der Waals surface area contributed by atoms with E-state index in [-0.39, 0.29) is 0 Å². The van der Waals surface area contributed by atoms with Gasteiger partial charge in [-0.2, -0.15) is 13.2 Å². The molecule has 0 N–H and O–H groups in total. The molecule has 1 heterocycles. The third kappa shape index (κ3) is 1.71. The lowest BCUT2D eigenvalue weighted by molar-refractivity contribution is -0.0890. The van der Waals surface area contributed by atoms with Gasteiger partial charge in [-0.1, -0.05) is 0 Å². The number of halogens is 3. The summed E-state index contributed by atoms with van der Waals surface area (Å²) < 4.78 is 36.9. The van der Waals surface area contributed by atoms with Gasteiger partial charge in [-0.3, -0.25) is 4.79 Å². The highest BCUT2D eigenvalue weighted by atomic mass is 19.4. The molecule has 0 atom stereocenters. The predicted octanol–water partition coefficient (Wildman–Crippen LogP) is 1.47. The maximum atomic E-state index is 11.9. The fourth-order valence-corrected chi connectivity index (χ4v) is 0.858. The number of ketones is 1. The molecule has 0 aliphatic carbocycles. The van der Waals surface area contributed by atoms with Crippen LogP contribution in [0.2, 0.25) is 0 Å². The molecule has 0 fully saturated rings. The summed E-state index contributed by atoms with van der Waals surface area (Å²) >= 11 is 0. The quantitative estimate of drug-likeness (QED) is 0.631. The zero-order chi connectivity index (χ0) is 10.2. The van der Waals surface area contributed by atoms with E-state index in [0.29, 0.717) is 5.82 Å². The molecule has 72 valence electrons. The van der Waals surface area contributed by atoms with Crippen LogP contribution in [0.25, 0.3) is 0 Å². The van der Waals surface area contributed by atoms with Gasteiger partial charge in [0.15, 0.2) is 0 Å². The average molecular weight is 192 g/mol. The number of aromatic nitrogens is 2. The predicted molar refractivity (Wildman–Crippen MR) is 38.3 cm³/mol. The van der Waals surface area contributed by atoms with Gasteiger partial charge in [0.2, 0.25) is 0 Å². The van der Waals surface area contributed by atoms with Crippen molar-refractivity contribution in [2.24, 2.45) is 7.05 Å². The monoisotopic (exact) mass is 192 g/mol. The largest absolute Gasteiger partial charge is 0.456 e. The van der Waals surface area contributed by atoms with Crippen LogP contribution in [0.4, 0.5) is 13.2 Å². The Kier molecular flexibility index (Phi) is 2.15. The van der Waals surface area contributed by atoms with Crippen molar-refractivity contribution in [3.63, 3.8) is 0 Å². The Labute approximate surface area is 72.2 Å². The number of aryl methyl sites for hydroxylation is 1. The summed E-state index contributed by atoms with van der Waals surface area (Å²) in [6.07, 6.45) is -3.91. The molecule has 0 saturated heterocycles. The van der Waals surface area contributed by atoms with Gasteiger partial charge >= 0.3 is 6.18 Å². The van der Waals surface area contributed by atoms with Crippen LogP contribution in [0.15, 0.2) is 6.20 Å². The number of hydrogen-bond donors (Lipinski definition) is 0. The molecule has 0 aromatic carbocycles. The molecule has 0 radical (unpaired) electrons. The van der Waals surface area contributed by atoms with Gasteiger partial charge in [0.25, 0.3) is 5.78 Å². The highest BCUT2D eigenvalue weighted by Crippen LogP contribution is 2.21. The van der Waals surface area contributed by atoms with Crippen LogP contribution in [0, 0.1) is 6.92 Å². The van der Waals surface area contributed by atoms with Gasteiger partial charge in [0.05, 0.1) is 6.20 Å². The minimum Gasteiger partial charge on any atom is -0.329 e. The van der Waals surface area contributed by atoms with E-state index in [1.807, 2.05) is 0 Å². The highest BCUT2D eigenvalue weighted by Gasteiger charge is 2.41. The molecule has 0 bridgehead atoms. The van der Waals surface area contributed by atoms with Crippen LogP contribution in [-0.2, 0) is 7.05 Å². The maximum Gasteiger partial charge on any atom is 0.456 e. The van der Waals surface area contributed by atoms with Crippen LogP contribution in [0.3, 0.4) is 0 Å². The molecular formula is C7H7F3N2O. The summed E-state index contributed by atoms with van der Waals surface area (Å²) in [6.45, 7) is 1.52. The zero-order valence-electron chi connectivity index (χ0n) is 7.01. The number of Topliss-reactive ketones (excluding diaryl/α,β-unsaturated/α-hetero) is 1. The molecule has 0 saturated carbocycles. The SMILES string of the molecule is Cc1ncc(C(=O)C(F)(F)F)n1C. The molecule has 3 nitrogen and oxygen atoms in total. The molecule has 1 rings (SSSR count). The first-order valence-corrected chi connectivity index (χ1v) is 3.44. The molecule has 0 unspecified atom stereocenters. The minimum absolute atomic E-state index is 0.368. The van der Waals surface area contributed by atoms with Crippen molar-refractivity contribution < 1.29 is 18.0 Å². The van der Waals surface area contributed by atoms with E-state index in [4.69, 9.17) is 0 Å². The standard InChI is InChI=1S/C7H7F3N2O/c1-4-11-3-5(12(4)2)6(13)7(8,9)10/h3H,1-2H3. The summed E-state index contributed by atoms with van der Waals surface area (Å²) in [6, 6.07) is 0. The molecule has 0 spiro atoms. The normalized spacial score (nSPS) is 11.8. The molecule has 1 aromatic rings. The second-order valence-electron chi connectivity index (χ2n) is 2.58. The first-order chi connectivity index (χ1) is 5.84. The van der Waals surface area contributed by atoms with Crippen LogP contribution in [-0.4, -0.2) is 21.5 Å². The van der Waals surface area contributed by atoms with Gasteiger partial charge in [0, 0.05) is 7.05 Å². The van der Waals surface area contributed by atoms with Crippen LogP contribution in [0.1, 0.15) is 16.3 Å². The van der Waals surface area contributed by atoms with E-state index in [1.54, 1.807) is 0 Å². The molecule has 0 aliphatic heterocycles. The van der Waals surface area contributed by atoms with Crippen LogP contribution >= 0.6 is 0 Å². The molecule has 0 amide bonds. The number of carbonyl (C=O) groups is 1. The number of imidazole rings is 1. The Morgan fingerprint density at radius 3 is 2.38 bits per heavy atom. The van der Waals surface area contributed by atoms with E-state index >= 15 is 0 Å². The smallest absolute Gasteiger partial charge is 0.329 e. The average Bonchev–Trinajstić information content (AvgIpc) is 2.30. The number of nitrogens with zero attached hydrogens (tertiary/aromatic N) is 2. The molecule has 6 heteroatoms. The lowest BCUT2D eigenvalue weighted by atomic mass is 10.3. The van der Waals surface area contributed by atoms with Gasteiger partial charge < -0.3 is 4.57 Å². The summed E-state index contributed by atoms with van der Waals surface area (Å²) in [5.41, 5.74) is -0.440. The summed E-state index contributed by atoms with van der Waals surface area (Å²) in [5, 5.41) is 0. The number of alkyl halides is 3.